The van der Waals surface area contributed by atoms with Crippen molar-refractivity contribution >= 4 is 11.5 Å². The highest BCUT2D eigenvalue weighted by molar-refractivity contribution is 5.69. The molecule has 3 heterocycles. The maximum absolute atomic E-state index is 5.44. The summed E-state index contributed by atoms with van der Waals surface area (Å²) in [6, 6.07) is 7.87. The molecule has 2 atom stereocenters. The van der Waals surface area contributed by atoms with Gasteiger partial charge in [0.2, 0.25) is 0 Å². The van der Waals surface area contributed by atoms with Gasteiger partial charge in [-0.2, -0.15) is 9.61 Å². The van der Waals surface area contributed by atoms with Crippen LogP contribution in [0.3, 0.4) is 0 Å². The van der Waals surface area contributed by atoms with Crippen LogP contribution in [0.2, 0.25) is 0 Å². The van der Waals surface area contributed by atoms with Gasteiger partial charge in [-0.1, -0.05) is 13.8 Å². The molecule has 29 heavy (non-hydrogen) atoms. The summed E-state index contributed by atoms with van der Waals surface area (Å²) in [6.07, 6.45) is 1.27. The summed E-state index contributed by atoms with van der Waals surface area (Å²) in [5.41, 5.74) is 4.92. The zero-order valence-corrected chi connectivity index (χ0v) is 18.2. The molecule has 6 heteroatoms. The number of fused-ring (bicyclic) bond motifs is 1. The van der Waals surface area contributed by atoms with E-state index in [9.17, 15) is 0 Å². The predicted octanol–water partition coefficient (Wildman–Crippen LogP) is 4.51. The Morgan fingerprint density at radius 2 is 1.55 bits per heavy atom. The van der Waals surface area contributed by atoms with E-state index in [0.29, 0.717) is 11.8 Å². The van der Waals surface area contributed by atoms with Crippen LogP contribution in [0.4, 0.5) is 5.82 Å². The summed E-state index contributed by atoms with van der Waals surface area (Å²) >= 11 is 0. The van der Waals surface area contributed by atoms with E-state index in [-0.39, 0.29) is 0 Å². The summed E-state index contributed by atoms with van der Waals surface area (Å²) < 4.78 is 12.9. The Morgan fingerprint density at radius 3 is 2.14 bits per heavy atom. The smallest absolute Gasteiger partial charge is 0.158 e. The van der Waals surface area contributed by atoms with Gasteiger partial charge in [0.05, 0.1) is 19.9 Å². The normalized spacial score (nSPS) is 19.6. The molecule has 1 saturated heterocycles. The third-order valence-corrected chi connectivity index (χ3v) is 5.87. The summed E-state index contributed by atoms with van der Waals surface area (Å²) in [7, 11) is 3.32. The lowest BCUT2D eigenvalue weighted by Crippen LogP contribution is -2.40. The largest absolute Gasteiger partial charge is 0.497 e. The molecule has 6 nitrogen and oxygen atoms in total. The third kappa shape index (κ3) is 3.63. The van der Waals surface area contributed by atoms with Gasteiger partial charge in [-0.05, 0) is 44.2 Å². The van der Waals surface area contributed by atoms with E-state index in [4.69, 9.17) is 19.6 Å². The van der Waals surface area contributed by atoms with Crippen LogP contribution in [-0.4, -0.2) is 41.9 Å². The minimum absolute atomic E-state index is 0.666. The molecule has 1 aromatic carbocycles. The molecule has 0 radical (unpaired) electrons. The highest BCUT2D eigenvalue weighted by Crippen LogP contribution is 2.33. The number of anilines is 1. The van der Waals surface area contributed by atoms with Crippen LogP contribution in [0.5, 0.6) is 11.5 Å². The first kappa shape index (κ1) is 19.6. The SMILES string of the molecule is COc1cc(OC)cc(-c2cc3nc(C)c(C)c(N4CC(C)CC(C)C4)n3n2)c1. The number of piperidine rings is 1. The van der Waals surface area contributed by atoms with Crippen LogP contribution in [-0.2, 0) is 0 Å². The molecule has 0 bridgehead atoms. The van der Waals surface area contributed by atoms with Crippen molar-refractivity contribution < 1.29 is 9.47 Å². The van der Waals surface area contributed by atoms with Crippen molar-refractivity contribution in [2.24, 2.45) is 11.8 Å². The van der Waals surface area contributed by atoms with Crippen LogP contribution >= 0.6 is 0 Å². The number of hydrogen-bond donors (Lipinski definition) is 0. The second-order valence-electron chi connectivity index (χ2n) is 8.40. The molecule has 1 fully saturated rings. The number of aromatic nitrogens is 3. The van der Waals surface area contributed by atoms with E-state index in [1.807, 2.05) is 28.8 Å². The lowest BCUT2D eigenvalue weighted by atomic mass is 9.91. The summed E-state index contributed by atoms with van der Waals surface area (Å²) in [4.78, 5) is 7.30. The number of aryl methyl sites for hydroxylation is 1. The zero-order valence-electron chi connectivity index (χ0n) is 18.2. The van der Waals surface area contributed by atoms with E-state index in [1.54, 1.807) is 14.2 Å². The molecule has 2 unspecified atom stereocenters. The summed E-state index contributed by atoms with van der Waals surface area (Å²) in [5, 5.41) is 4.96. The predicted molar refractivity (Wildman–Crippen MR) is 116 cm³/mol. The van der Waals surface area contributed by atoms with Gasteiger partial charge >= 0.3 is 0 Å². The van der Waals surface area contributed by atoms with Gasteiger partial charge in [0.25, 0.3) is 0 Å². The number of ether oxygens (including phenoxy) is 2. The number of benzene rings is 1. The molecular formula is C23H30N4O2. The number of hydrogen-bond acceptors (Lipinski definition) is 5. The van der Waals surface area contributed by atoms with Crippen molar-refractivity contribution in [2.75, 3.05) is 32.2 Å². The fraction of sp³-hybridized carbons (Fsp3) is 0.478. The Labute approximate surface area is 172 Å². The van der Waals surface area contributed by atoms with Crippen molar-refractivity contribution in [3.8, 4) is 22.8 Å². The van der Waals surface area contributed by atoms with E-state index >= 15 is 0 Å². The first-order valence-electron chi connectivity index (χ1n) is 10.2. The molecule has 4 rings (SSSR count). The molecule has 1 aliphatic rings. The van der Waals surface area contributed by atoms with Crippen LogP contribution in [0.25, 0.3) is 16.9 Å². The Bertz CT molecular complexity index is 1010. The van der Waals surface area contributed by atoms with Gasteiger partial charge in [0, 0.05) is 42.0 Å². The van der Waals surface area contributed by atoms with Crippen molar-refractivity contribution in [1.82, 2.24) is 14.6 Å². The topological polar surface area (TPSA) is 51.9 Å². The molecule has 154 valence electrons. The van der Waals surface area contributed by atoms with Crippen molar-refractivity contribution in [1.29, 1.82) is 0 Å². The lowest BCUT2D eigenvalue weighted by Gasteiger charge is -2.37. The first-order valence-corrected chi connectivity index (χ1v) is 10.2. The summed E-state index contributed by atoms with van der Waals surface area (Å²) in [6.45, 7) is 11.0. The van der Waals surface area contributed by atoms with Crippen molar-refractivity contribution in [2.45, 2.75) is 34.1 Å². The third-order valence-electron chi connectivity index (χ3n) is 5.87. The molecule has 0 saturated carbocycles. The minimum atomic E-state index is 0.666. The highest BCUT2D eigenvalue weighted by atomic mass is 16.5. The fourth-order valence-electron chi connectivity index (χ4n) is 4.49. The molecule has 1 aliphatic heterocycles. The molecular weight excluding hydrogens is 364 g/mol. The van der Waals surface area contributed by atoms with E-state index in [1.165, 1.54) is 12.0 Å². The lowest BCUT2D eigenvalue weighted by molar-refractivity contribution is 0.354. The highest BCUT2D eigenvalue weighted by Gasteiger charge is 2.26. The second kappa shape index (κ2) is 7.58. The Hall–Kier alpha value is -2.76. The van der Waals surface area contributed by atoms with Gasteiger partial charge < -0.3 is 14.4 Å². The van der Waals surface area contributed by atoms with E-state index < -0.39 is 0 Å². The monoisotopic (exact) mass is 394 g/mol. The van der Waals surface area contributed by atoms with Crippen LogP contribution in [0, 0.1) is 25.7 Å². The van der Waals surface area contributed by atoms with Gasteiger partial charge in [-0.15, -0.1) is 0 Å². The van der Waals surface area contributed by atoms with Gasteiger partial charge in [-0.25, -0.2) is 4.98 Å². The quantitative estimate of drug-likeness (QED) is 0.652. The van der Waals surface area contributed by atoms with Crippen molar-refractivity contribution in [3.63, 3.8) is 0 Å². The Kier molecular flexibility index (Phi) is 5.11. The second-order valence-corrected chi connectivity index (χ2v) is 8.40. The first-order chi connectivity index (χ1) is 13.9. The van der Waals surface area contributed by atoms with Gasteiger partial charge in [-0.3, -0.25) is 0 Å². The van der Waals surface area contributed by atoms with Crippen LogP contribution in [0.15, 0.2) is 24.3 Å². The van der Waals surface area contributed by atoms with E-state index in [0.717, 1.165) is 53.0 Å². The maximum atomic E-state index is 5.44. The Morgan fingerprint density at radius 1 is 0.931 bits per heavy atom. The molecule has 0 aliphatic carbocycles. The van der Waals surface area contributed by atoms with Gasteiger partial charge in [0.15, 0.2) is 5.65 Å². The Balaban J connectivity index is 1.86. The van der Waals surface area contributed by atoms with Crippen LogP contribution in [0.1, 0.15) is 31.5 Å². The summed E-state index contributed by atoms with van der Waals surface area (Å²) in [5.74, 6) is 3.98. The fourth-order valence-corrected chi connectivity index (χ4v) is 4.49. The molecule has 0 amide bonds. The number of rotatable bonds is 4. The standard InChI is InChI=1S/C23H30N4O2/c1-14-7-15(2)13-26(12-14)23-16(3)17(4)24-22-11-21(25-27(22)23)18-8-19(28-5)10-20(9-18)29-6/h8-11,14-15H,7,12-13H2,1-6H3. The minimum Gasteiger partial charge on any atom is -0.497 e. The molecule has 0 spiro atoms. The number of methoxy groups -OCH3 is 2. The van der Waals surface area contributed by atoms with Crippen LogP contribution < -0.4 is 14.4 Å². The molecule has 3 aromatic rings. The van der Waals surface area contributed by atoms with Crippen molar-refractivity contribution in [3.05, 3.63) is 35.5 Å². The average Bonchev–Trinajstić information content (AvgIpc) is 3.10. The molecule has 2 aromatic heterocycles. The number of nitrogens with zero attached hydrogens (tertiary/aromatic N) is 4. The zero-order chi connectivity index (χ0) is 20.7. The van der Waals surface area contributed by atoms with Gasteiger partial charge in [0.1, 0.15) is 17.3 Å². The average molecular weight is 395 g/mol. The molecule has 0 N–H and O–H groups in total. The van der Waals surface area contributed by atoms with E-state index in [2.05, 4.69) is 32.6 Å². The maximum Gasteiger partial charge on any atom is 0.158 e.